The molecule has 13 heteroatoms. The third kappa shape index (κ3) is 4.38. The molecule has 0 saturated heterocycles. The number of halogens is 4. The number of aryl methyl sites for hydroxylation is 1. The normalized spacial score (nSPS) is 20.3. The van der Waals surface area contributed by atoms with Crippen molar-refractivity contribution in [2.24, 2.45) is 7.05 Å². The third-order valence-electron chi connectivity index (χ3n) is 5.08. The van der Waals surface area contributed by atoms with E-state index in [1.807, 2.05) is 4.72 Å². The minimum atomic E-state index is -4.52. The molecular weight excluding hydrogens is 454 g/mol. The van der Waals surface area contributed by atoms with Crippen LogP contribution >= 0.6 is 0 Å². The minimum absolute atomic E-state index is 0.146. The SMILES string of the molecule is Cn1nccc1[C@H]1CC(F)(F)C[C@@H]1Oc1cc(F)c(S(=O)(=O)Nc2ccncn2)cc1F. The van der Waals surface area contributed by atoms with Gasteiger partial charge in [-0.3, -0.25) is 9.40 Å². The Kier molecular flexibility index (Phi) is 5.53. The van der Waals surface area contributed by atoms with E-state index in [-0.39, 0.29) is 5.82 Å². The molecule has 8 nitrogen and oxygen atoms in total. The summed E-state index contributed by atoms with van der Waals surface area (Å²) in [5, 5.41) is 3.95. The Morgan fingerprint density at radius 3 is 2.59 bits per heavy atom. The Morgan fingerprint density at radius 1 is 1.16 bits per heavy atom. The zero-order valence-corrected chi connectivity index (χ0v) is 17.4. The van der Waals surface area contributed by atoms with Crippen LogP contribution in [0.25, 0.3) is 0 Å². The van der Waals surface area contributed by atoms with Gasteiger partial charge in [0.15, 0.2) is 11.6 Å². The van der Waals surface area contributed by atoms with E-state index in [9.17, 15) is 26.0 Å². The van der Waals surface area contributed by atoms with Crippen molar-refractivity contribution >= 4 is 15.8 Å². The first kappa shape index (κ1) is 22.0. The van der Waals surface area contributed by atoms with Crippen molar-refractivity contribution < 1.29 is 30.7 Å². The Hall–Kier alpha value is -3.22. The molecule has 1 aliphatic rings. The van der Waals surface area contributed by atoms with Crippen LogP contribution in [0.3, 0.4) is 0 Å². The number of ether oxygens (including phenoxy) is 1. The Bertz CT molecular complexity index is 1240. The lowest BCUT2D eigenvalue weighted by molar-refractivity contribution is -0.00166. The molecule has 1 fully saturated rings. The molecule has 0 aliphatic heterocycles. The van der Waals surface area contributed by atoms with Crippen molar-refractivity contribution in [3.8, 4) is 5.75 Å². The van der Waals surface area contributed by atoms with Crippen LogP contribution in [-0.2, 0) is 17.1 Å². The van der Waals surface area contributed by atoms with Crippen LogP contribution < -0.4 is 9.46 Å². The Balaban J connectivity index is 1.61. The molecule has 1 saturated carbocycles. The predicted molar refractivity (Wildman–Crippen MR) is 104 cm³/mol. The fourth-order valence-corrected chi connectivity index (χ4v) is 4.73. The minimum Gasteiger partial charge on any atom is -0.486 e. The first-order valence-corrected chi connectivity index (χ1v) is 10.8. The number of nitrogens with one attached hydrogen (secondary N) is 1. The number of hydrogen-bond acceptors (Lipinski definition) is 6. The molecule has 3 aromatic rings. The summed E-state index contributed by atoms with van der Waals surface area (Å²) >= 11 is 0. The summed E-state index contributed by atoms with van der Waals surface area (Å²) in [4.78, 5) is 6.30. The van der Waals surface area contributed by atoms with Gasteiger partial charge in [0, 0.05) is 56.0 Å². The van der Waals surface area contributed by atoms with Crippen molar-refractivity contribution in [2.45, 2.75) is 35.7 Å². The zero-order chi connectivity index (χ0) is 23.1. The van der Waals surface area contributed by atoms with Gasteiger partial charge >= 0.3 is 0 Å². The fourth-order valence-electron chi connectivity index (χ4n) is 3.65. The smallest absolute Gasteiger partial charge is 0.266 e. The fraction of sp³-hybridized carbons (Fsp3) is 0.316. The van der Waals surface area contributed by atoms with E-state index >= 15 is 0 Å². The second-order valence-corrected chi connectivity index (χ2v) is 8.97. The highest BCUT2D eigenvalue weighted by atomic mass is 32.2. The molecule has 1 aromatic carbocycles. The number of sulfonamides is 1. The van der Waals surface area contributed by atoms with Gasteiger partial charge in [0.25, 0.3) is 15.9 Å². The number of anilines is 1. The van der Waals surface area contributed by atoms with E-state index < -0.39 is 63.1 Å². The lowest BCUT2D eigenvalue weighted by Gasteiger charge is -2.21. The van der Waals surface area contributed by atoms with Crippen LogP contribution in [0, 0.1) is 11.6 Å². The average Bonchev–Trinajstić information content (AvgIpc) is 3.26. The predicted octanol–water partition coefficient (Wildman–Crippen LogP) is 3.25. The molecule has 0 amide bonds. The quantitative estimate of drug-likeness (QED) is 0.554. The number of benzene rings is 1. The van der Waals surface area contributed by atoms with Gasteiger partial charge in [-0.25, -0.2) is 35.9 Å². The maximum absolute atomic E-state index is 14.7. The summed E-state index contributed by atoms with van der Waals surface area (Å²) in [6, 6.07) is 3.73. The maximum Gasteiger partial charge on any atom is 0.266 e. The lowest BCUT2D eigenvalue weighted by Crippen LogP contribution is -2.23. The molecule has 4 rings (SSSR count). The topological polar surface area (TPSA) is 99.0 Å². The lowest BCUT2D eigenvalue weighted by atomic mass is 10.0. The van der Waals surface area contributed by atoms with Crippen molar-refractivity contribution in [1.82, 2.24) is 19.7 Å². The van der Waals surface area contributed by atoms with Crippen molar-refractivity contribution in [3.63, 3.8) is 0 Å². The maximum atomic E-state index is 14.7. The average molecular weight is 471 g/mol. The second-order valence-electron chi connectivity index (χ2n) is 7.32. The molecule has 2 heterocycles. The van der Waals surface area contributed by atoms with Gasteiger partial charge in [0.1, 0.15) is 29.0 Å². The number of nitrogens with zero attached hydrogens (tertiary/aromatic N) is 4. The molecule has 0 unspecified atom stereocenters. The van der Waals surface area contributed by atoms with Crippen LogP contribution in [0.1, 0.15) is 24.5 Å². The van der Waals surface area contributed by atoms with Crippen molar-refractivity contribution in [1.29, 1.82) is 0 Å². The molecule has 0 spiro atoms. The molecule has 32 heavy (non-hydrogen) atoms. The summed E-state index contributed by atoms with van der Waals surface area (Å²) < 4.78 is 91.2. The molecule has 2 atom stereocenters. The summed E-state index contributed by atoms with van der Waals surface area (Å²) in [5.74, 6) is -7.23. The summed E-state index contributed by atoms with van der Waals surface area (Å²) in [5.41, 5.74) is 0.460. The summed E-state index contributed by atoms with van der Waals surface area (Å²) in [6.07, 6.45) is 1.34. The number of rotatable bonds is 6. The monoisotopic (exact) mass is 471 g/mol. The van der Waals surface area contributed by atoms with Gasteiger partial charge in [-0.05, 0) is 12.1 Å². The molecule has 0 radical (unpaired) electrons. The van der Waals surface area contributed by atoms with E-state index in [0.717, 1.165) is 6.33 Å². The van der Waals surface area contributed by atoms with Crippen LogP contribution in [0.5, 0.6) is 5.75 Å². The van der Waals surface area contributed by atoms with Gasteiger partial charge < -0.3 is 4.74 Å². The van der Waals surface area contributed by atoms with Gasteiger partial charge in [0.05, 0.1) is 0 Å². The van der Waals surface area contributed by atoms with Gasteiger partial charge in [-0.15, -0.1) is 0 Å². The standard InChI is InChI=1S/C19H17F4N5O3S/c1-28-14(2-5-26-28)11-8-19(22,23)9-16(11)31-15-6-13(21)17(7-12(15)20)32(29,30)27-18-3-4-24-10-25-18/h2-7,10-11,16H,8-9H2,1H3,(H,24,25,27)/t11-,16+/m1/s1. The van der Waals surface area contributed by atoms with E-state index in [2.05, 4.69) is 15.1 Å². The number of hydrogen-bond donors (Lipinski definition) is 1. The number of aromatic nitrogens is 4. The van der Waals surface area contributed by atoms with Gasteiger partial charge in [-0.1, -0.05) is 0 Å². The first-order valence-electron chi connectivity index (χ1n) is 9.36. The summed E-state index contributed by atoms with van der Waals surface area (Å²) in [7, 11) is -2.95. The molecule has 1 N–H and O–H groups in total. The highest BCUT2D eigenvalue weighted by Crippen LogP contribution is 2.46. The van der Waals surface area contributed by atoms with Gasteiger partial charge in [-0.2, -0.15) is 5.10 Å². The van der Waals surface area contributed by atoms with Crippen molar-refractivity contribution in [3.05, 3.63) is 60.3 Å². The van der Waals surface area contributed by atoms with Gasteiger partial charge in [0.2, 0.25) is 0 Å². The highest BCUT2D eigenvalue weighted by Gasteiger charge is 2.49. The highest BCUT2D eigenvalue weighted by molar-refractivity contribution is 7.92. The molecular formula is C19H17F4N5O3S. The number of alkyl halides is 2. The Labute approximate surface area is 180 Å². The zero-order valence-electron chi connectivity index (χ0n) is 16.5. The summed E-state index contributed by atoms with van der Waals surface area (Å²) in [6.45, 7) is 0. The van der Waals surface area contributed by atoms with Crippen LogP contribution in [0.15, 0.2) is 47.9 Å². The molecule has 2 aromatic heterocycles. The Morgan fingerprint density at radius 2 is 1.94 bits per heavy atom. The van der Waals surface area contributed by atoms with E-state index in [1.54, 1.807) is 13.1 Å². The van der Waals surface area contributed by atoms with E-state index in [0.29, 0.717) is 17.8 Å². The van der Waals surface area contributed by atoms with Crippen LogP contribution in [0.2, 0.25) is 0 Å². The van der Waals surface area contributed by atoms with Crippen LogP contribution in [0.4, 0.5) is 23.4 Å². The molecule has 0 bridgehead atoms. The van der Waals surface area contributed by atoms with Crippen molar-refractivity contribution in [2.75, 3.05) is 4.72 Å². The first-order chi connectivity index (χ1) is 15.1. The molecule has 170 valence electrons. The van der Waals surface area contributed by atoms with Crippen LogP contribution in [-0.4, -0.2) is 40.2 Å². The molecule has 1 aliphatic carbocycles. The third-order valence-corrected chi connectivity index (χ3v) is 6.45. The van der Waals surface area contributed by atoms with E-state index in [1.165, 1.54) is 23.1 Å². The second kappa shape index (κ2) is 8.04. The largest absolute Gasteiger partial charge is 0.486 e. The van der Waals surface area contributed by atoms with E-state index in [4.69, 9.17) is 4.74 Å².